The van der Waals surface area contributed by atoms with Gasteiger partial charge in [-0.2, -0.15) is 13.2 Å². The first kappa shape index (κ1) is 11.4. The van der Waals surface area contributed by atoms with E-state index in [0.29, 0.717) is 10.8 Å². The van der Waals surface area contributed by atoms with E-state index in [9.17, 15) is 17.6 Å². The lowest BCUT2D eigenvalue weighted by Gasteiger charge is -2.15. The van der Waals surface area contributed by atoms with Crippen LogP contribution in [0.2, 0.25) is 0 Å². The van der Waals surface area contributed by atoms with E-state index in [4.69, 9.17) is 0 Å². The lowest BCUT2D eigenvalue weighted by Crippen LogP contribution is -2.24. The lowest BCUT2D eigenvalue weighted by atomic mass is 10.1. The Morgan fingerprint density at radius 1 is 1.27 bits per heavy atom. The maximum Gasteiger partial charge on any atom is 0.394 e. The molecule has 1 atom stereocenters. The quantitative estimate of drug-likeness (QED) is 0.422. The van der Waals surface area contributed by atoms with Gasteiger partial charge in [0.1, 0.15) is 6.67 Å². The van der Waals surface area contributed by atoms with Crippen LogP contribution in [0, 0.1) is 5.92 Å². The molecule has 0 aliphatic carbocycles. The number of rotatable bonds is 4. The summed E-state index contributed by atoms with van der Waals surface area (Å²) in [5.74, 6) is -1.75. The normalized spacial score (nSPS) is 15.0. The van der Waals surface area contributed by atoms with Crippen LogP contribution in [-0.4, -0.2) is 17.3 Å². The number of hydrogen-bond donors (Lipinski definition) is 0. The fraction of sp³-hybridized carbons (Fsp3) is 1.00. The lowest BCUT2D eigenvalue weighted by molar-refractivity contribution is -0.180. The van der Waals surface area contributed by atoms with Crippen molar-refractivity contribution in [2.24, 2.45) is 5.92 Å². The van der Waals surface area contributed by atoms with Gasteiger partial charge in [0.25, 0.3) is 0 Å². The van der Waals surface area contributed by atoms with Gasteiger partial charge in [-0.15, -0.1) is 0 Å². The third-order valence-electron chi connectivity index (χ3n) is 1.34. The van der Waals surface area contributed by atoms with Gasteiger partial charge in [0.2, 0.25) is 0 Å². The molecule has 0 N–H and O–H groups in total. The smallest absolute Gasteiger partial charge is 0.250 e. The average Bonchev–Trinajstić information content (AvgIpc) is 1.87. The topological polar surface area (TPSA) is 0 Å². The van der Waals surface area contributed by atoms with E-state index in [2.05, 4.69) is 0 Å². The Labute approximate surface area is 76.5 Å². The van der Waals surface area contributed by atoms with Gasteiger partial charge >= 0.3 is 6.18 Å². The Kier molecular flexibility index (Phi) is 5.37. The second kappa shape index (κ2) is 5.16. The van der Waals surface area contributed by atoms with Crippen molar-refractivity contribution in [3.63, 3.8) is 0 Å². The van der Waals surface area contributed by atoms with Gasteiger partial charge in [0.15, 0.2) is 0 Å². The fourth-order valence-electron chi connectivity index (χ4n) is 0.652. The van der Waals surface area contributed by atoms with Crippen LogP contribution in [-0.2, 0) is 0 Å². The van der Waals surface area contributed by atoms with E-state index < -0.39 is 18.8 Å². The van der Waals surface area contributed by atoms with Crippen molar-refractivity contribution in [1.82, 2.24) is 0 Å². The van der Waals surface area contributed by atoms with E-state index in [-0.39, 0.29) is 6.42 Å². The van der Waals surface area contributed by atoms with Crippen molar-refractivity contribution in [3.05, 3.63) is 0 Å². The minimum Gasteiger partial charge on any atom is -0.250 e. The number of hydrogen-bond acceptors (Lipinski definition) is 0. The summed E-state index contributed by atoms with van der Waals surface area (Å²) in [5.41, 5.74) is 0. The fourth-order valence-corrected chi connectivity index (χ4v) is 1.09. The highest BCUT2D eigenvalue weighted by molar-refractivity contribution is 14.1. The van der Waals surface area contributed by atoms with Crippen molar-refractivity contribution >= 4 is 22.6 Å². The summed E-state index contributed by atoms with van der Waals surface area (Å²) in [6.07, 6.45) is -4.03. The highest BCUT2D eigenvalue weighted by Gasteiger charge is 2.38. The van der Waals surface area contributed by atoms with E-state index in [0.717, 1.165) is 0 Å². The van der Waals surface area contributed by atoms with Crippen LogP contribution in [0.15, 0.2) is 0 Å². The summed E-state index contributed by atoms with van der Waals surface area (Å²) in [6, 6.07) is 0. The maximum absolute atomic E-state index is 11.8. The predicted molar refractivity (Wildman–Crippen MR) is 43.6 cm³/mol. The molecule has 0 nitrogen and oxygen atoms in total. The second-order valence-corrected chi connectivity index (χ2v) is 3.30. The molecule has 0 heterocycles. The van der Waals surface area contributed by atoms with Crippen molar-refractivity contribution in [2.45, 2.75) is 19.0 Å². The van der Waals surface area contributed by atoms with Crippen molar-refractivity contribution < 1.29 is 17.6 Å². The molecular weight excluding hydrogens is 275 g/mol. The van der Waals surface area contributed by atoms with Gasteiger partial charge in [-0.3, -0.25) is 4.39 Å². The van der Waals surface area contributed by atoms with Crippen LogP contribution in [0.5, 0.6) is 0 Å². The van der Waals surface area contributed by atoms with Gasteiger partial charge in [-0.25, -0.2) is 0 Å². The van der Waals surface area contributed by atoms with E-state index in [1.165, 1.54) is 0 Å². The van der Waals surface area contributed by atoms with Crippen molar-refractivity contribution in [3.8, 4) is 0 Å². The Bertz CT molecular complexity index is 101. The molecule has 5 heteroatoms. The van der Waals surface area contributed by atoms with Gasteiger partial charge in [-0.1, -0.05) is 22.6 Å². The van der Waals surface area contributed by atoms with Gasteiger partial charge in [0, 0.05) is 0 Å². The minimum absolute atomic E-state index is 0.0943. The molecule has 0 saturated carbocycles. The zero-order valence-corrected chi connectivity index (χ0v) is 7.95. The molecule has 0 aliphatic heterocycles. The van der Waals surface area contributed by atoms with Gasteiger partial charge in [-0.05, 0) is 17.3 Å². The zero-order chi connectivity index (χ0) is 8.91. The molecule has 0 amide bonds. The van der Waals surface area contributed by atoms with Gasteiger partial charge < -0.3 is 0 Å². The minimum atomic E-state index is -4.36. The molecule has 1 unspecified atom stereocenters. The van der Waals surface area contributed by atoms with Crippen LogP contribution in [0.1, 0.15) is 12.8 Å². The van der Waals surface area contributed by atoms with Crippen LogP contribution < -0.4 is 0 Å². The van der Waals surface area contributed by atoms with Crippen LogP contribution in [0.25, 0.3) is 0 Å². The summed E-state index contributed by atoms with van der Waals surface area (Å²) < 4.78 is 47.8. The van der Waals surface area contributed by atoms with Crippen LogP contribution >= 0.6 is 22.6 Å². The van der Waals surface area contributed by atoms with Crippen LogP contribution in [0.4, 0.5) is 17.6 Å². The molecule has 68 valence electrons. The molecule has 0 radical (unpaired) electrons. The standard InChI is InChI=1S/C6H9F4I/c7-4-5(2-1-3-11)6(8,9)10/h5H,1-4H2. The molecule has 0 spiro atoms. The van der Waals surface area contributed by atoms with E-state index in [1.54, 1.807) is 0 Å². The molecule has 0 aliphatic rings. The molecular formula is C6H9F4I. The van der Waals surface area contributed by atoms with E-state index in [1.807, 2.05) is 22.6 Å². The average molecular weight is 284 g/mol. The maximum atomic E-state index is 11.8. The third kappa shape index (κ3) is 4.81. The first-order chi connectivity index (χ1) is 5.02. The summed E-state index contributed by atoms with van der Waals surface area (Å²) in [7, 11) is 0. The zero-order valence-electron chi connectivity index (χ0n) is 5.80. The van der Waals surface area contributed by atoms with E-state index >= 15 is 0 Å². The molecule has 0 bridgehead atoms. The molecule has 0 rings (SSSR count). The largest absolute Gasteiger partial charge is 0.394 e. The first-order valence-electron chi connectivity index (χ1n) is 3.21. The van der Waals surface area contributed by atoms with Crippen LogP contribution in [0.3, 0.4) is 0 Å². The number of alkyl halides is 5. The van der Waals surface area contributed by atoms with Crippen molar-refractivity contribution in [2.75, 3.05) is 11.1 Å². The van der Waals surface area contributed by atoms with Gasteiger partial charge in [0.05, 0.1) is 5.92 Å². The Hall–Kier alpha value is 0.450. The number of halogens is 5. The molecule has 0 fully saturated rings. The second-order valence-electron chi connectivity index (χ2n) is 2.22. The molecule has 0 aromatic heterocycles. The molecule has 0 aromatic rings. The Balaban J connectivity index is 3.76. The summed E-state index contributed by atoms with van der Waals surface area (Å²) >= 11 is 1.98. The summed E-state index contributed by atoms with van der Waals surface area (Å²) in [5, 5.41) is 0. The highest BCUT2D eigenvalue weighted by Crippen LogP contribution is 2.30. The Morgan fingerprint density at radius 3 is 2.09 bits per heavy atom. The third-order valence-corrected chi connectivity index (χ3v) is 2.10. The molecule has 0 saturated heterocycles. The van der Waals surface area contributed by atoms with Crippen molar-refractivity contribution in [1.29, 1.82) is 0 Å². The monoisotopic (exact) mass is 284 g/mol. The summed E-state index contributed by atoms with van der Waals surface area (Å²) in [6.45, 7) is -1.29. The predicted octanol–water partition coefficient (Wildman–Crippen LogP) is 3.35. The highest BCUT2D eigenvalue weighted by atomic mass is 127. The summed E-state index contributed by atoms with van der Waals surface area (Å²) in [4.78, 5) is 0. The molecule has 0 aromatic carbocycles. The molecule has 11 heavy (non-hydrogen) atoms. The Morgan fingerprint density at radius 2 is 1.82 bits per heavy atom. The SMILES string of the molecule is FCC(CCCI)C(F)(F)F. The first-order valence-corrected chi connectivity index (χ1v) is 4.73.